The Hall–Kier alpha value is -1.15. The van der Waals surface area contributed by atoms with Gasteiger partial charge in [-0.15, -0.1) is 0 Å². The molecule has 0 bridgehead atoms. The summed E-state index contributed by atoms with van der Waals surface area (Å²) in [5, 5.41) is 9.37. The quantitative estimate of drug-likeness (QED) is 0.339. The van der Waals surface area contributed by atoms with Crippen LogP contribution >= 0.6 is 0 Å². The molecule has 0 fully saturated rings. The molecule has 0 atom stereocenters. The summed E-state index contributed by atoms with van der Waals surface area (Å²) < 4.78 is 0. The molecular weight excluding hydrogens is 98.0 g/mol. The average Bonchev–Trinajstić information content (AvgIpc) is 1.61. The summed E-state index contributed by atoms with van der Waals surface area (Å²) >= 11 is 0. The van der Waals surface area contributed by atoms with Crippen molar-refractivity contribution in [3.63, 3.8) is 0 Å². The Morgan fingerprint density at radius 3 is 2.43 bits per heavy atom. The van der Waals surface area contributed by atoms with E-state index in [9.17, 15) is 9.90 Å². The third-order valence-corrected chi connectivity index (χ3v) is 0.273. The average molecular weight is 100 g/mol. The van der Waals surface area contributed by atoms with Gasteiger partial charge in [-0.1, -0.05) is 0 Å². The summed E-state index contributed by atoms with van der Waals surface area (Å²) in [4.78, 5) is 21.2. The normalized spacial score (nSPS) is 6.86. The molecule has 0 spiro atoms. The Kier molecular flexibility index (Phi) is 2.55. The van der Waals surface area contributed by atoms with E-state index in [2.05, 4.69) is 4.99 Å². The highest BCUT2D eigenvalue weighted by molar-refractivity contribution is 5.69. The van der Waals surface area contributed by atoms with Gasteiger partial charge in [-0.3, -0.25) is 0 Å². The zero-order valence-electron chi connectivity index (χ0n) is 3.38. The van der Waals surface area contributed by atoms with Gasteiger partial charge in [0.2, 0.25) is 6.08 Å². The number of isocyanates is 1. The molecule has 0 saturated carbocycles. The lowest BCUT2D eigenvalue weighted by atomic mass is 10.7. The van der Waals surface area contributed by atoms with Crippen molar-refractivity contribution in [2.75, 3.05) is 6.54 Å². The zero-order valence-corrected chi connectivity index (χ0v) is 3.38. The Morgan fingerprint density at radius 2 is 2.29 bits per heavy atom. The summed E-state index contributed by atoms with van der Waals surface area (Å²) in [7, 11) is 0. The second-order valence-corrected chi connectivity index (χ2v) is 0.780. The first-order valence-electron chi connectivity index (χ1n) is 1.51. The summed E-state index contributed by atoms with van der Waals surface area (Å²) in [5.74, 6) is -1.37. The third kappa shape index (κ3) is 4.85. The number of hydrogen-bond donors (Lipinski definition) is 0. The maximum absolute atomic E-state index is 9.37. The molecule has 0 aliphatic rings. The van der Waals surface area contributed by atoms with Crippen molar-refractivity contribution in [2.45, 2.75) is 0 Å². The standard InChI is InChI=1S/C3H2NO3/c5-2-4-1-3(6)7/h1H2. The molecule has 7 heavy (non-hydrogen) atoms. The van der Waals surface area contributed by atoms with Crippen LogP contribution in [-0.2, 0) is 14.7 Å². The highest BCUT2D eigenvalue weighted by Crippen LogP contribution is 1.63. The molecule has 0 saturated heterocycles. The molecule has 0 amide bonds. The predicted octanol–water partition coefficient (Wildman–Crippen LogP) is -0.721. The van der Waals surface area contributed by atoms with Crippen LogP contribution in [0.5, 0.6) is 0 Å². The zero-order chi connectivity index (χ0) is 5.70. The minimum Gasteiger partial charge on any atom is -0.245 e. The summed E-state index contributed by atoms with van der Waals surface area (Å²) in [6.07, 6.45) is 1.05. The lowest BCUT2D eigenvalue weighted by Crippen LogP contribution is -1.95. The van der Waals surface area contributed by atoms with E-state index in [4.69, 9.17) is 4.79 Å². The number of aliphatic imine (C=N–C) groups is 1. The minimum atomic E-state index is -1.37. The highest BCUT2D eigenvalue weighted by Gasteiger charge is 1.91. The third-order valence-electron chi connectivity index (χ3n) is 0.273. The lowest BCUT2D eigenvalue weighted by molar-refractivity contribution is -0.141. The predicted molar refractivity (Wildman–Crippen MR) is 18.7 cm³/mol. The molecular formula is C3H2NO3. The van der Waals surface area contributed by atoms with Gasteiger partial charge in [0, 0.05) is 0 Å². The van der Waals surface area contributed by atoms with Crippen LogP contribution in [0.3, 0.4) is 0 Å². The molecule has 0 heterocycles. The van der Waals surface area contributed by atoms with Crippen molar-refractivity contribution in [3.8, 4) is 0 Å². The van der Waals surface area contributed by atoms with Crippen molar-refractivity contribution < 1.29 is 14.7 Å². The number of rotatable bonds is 2. The first-order valence-corrected chi connectivity index (χ1v) is 1.51. The SMILES string of the molecule is [O]C(=O)CN=C=O. The summed E-state index contributed by atoms with van der Waals surface area (Å²) in [6, 6.07) is 0. The van der Waals surface area contributed by atoms with E-state index in [-0.39, 0.29) is 0 Å². The van der Waals surface area contributed by atoms with Gasteiger partial charge in [-0.25, -0.2) is 14.7 Å². The smallest absolute Gasteiger partial charge is 0.245 e. The van der Waals surface area contributed by atoms with Crippen LogP contribution in [0.1, 0.15) is 0 Å². The molecule has 0 aliphatic heterocycles. The number of carbonyl (C=O) groups is 1. The maximum atomic E-state index is 9.37. The highest BCUT2D eigenvalue weighted by atomic mass is 16.4. The van der Waals surface area contributed by atoms with Crippen LogP contribution in [0.15, 0.2) is 4.99 Å². The monoisotopic (exact) mass is 100 g/mol. The Bertz CT molecular complexity index is 113. The first-order chi connectivity index (χ1) is 3.27. The molecule has 0 aliphatic carbocycles. The van der Waals surface area contributed by atoms with E-state index < -0.39 is 12.5 Å². The molecule has 4 nitrogen and oxygen atoms in total. The molecule has 0 aromatic carbocycles. The second kappa shape index (κ2) is 3.06. The van der Waals surface area contributed by atoms with E-state index in [0.717, 1.165) is 6.08 Å². The van der Waals surface area contributed by atoms with Crippen molar-refractivity contribution in [3.05, 3.63) is 0 Å². The number of hydrogen-bond acceptors (Lipinski definition) is 3. The Morgan fingerprint density at radius 1 is 1.71 bits per heavy atom. The topological polar surface area (TPSA) is 66.4 Å². The van der Waals surface area contributed by atoms with E-state index in [1.807, 2.05) is 0 Å². The van der Waals surface area contributed by atoms with Crippen LogP contribution in [0.2, 0.25) is 0 Å². The van der Waals surface area contributed by atoms with E-state index >= 15 is 0 Å². The molecule has 0 N–H and O–H groups in total. The van der Waals surface area contributed by atoms with Gasteiger partial charge in [0.25, 0.3) is 0 Å². The fraction of sp³-hybridized carbons (Fsp3) is 0.333. The molecule has 0 unspecified atom stereocenters. The lowest BCUT2D eigenvalue weighted by Gasteiger charge is -1.68. The largest absolute Gasteiger partial charge is 0.377 e. The van der Waals surface area contributed by atoms with Gasteiger partial charge in [-0.05, 0) is 0 Å². The van der Waals surface area contributed by atoms with Crippen LogP contribution in [-0.4, -0.2) is 18.6 Å². The van der Waals surface area contributed by atoms with Crippen molar-refractivity contribution in [1.29, 1.82) is 0 Å². The number of carbonyl (C=O) groups excluding carboxylic acids is 2. The van der Waals surface area contributed by atoms with Gasteiger partial charge >= 0.3 is 5.97 Å². The van der Waals surface area contributed by atoms with Gasteiger partial charge in [0.1, 0.15) is 0 Å². The summed E-state index contributed by atoms with van der Waals surface area (Å²) in [6.45, 7) is -0.594. The van der Waals surface area contributed by atoms with E-state index in [1.165, 1.54) is 0 Å². The first kappa shape index (κ1) is 5.85. The van der Waals surface area contributed by atoms with Crippen molar-refractivity contribution in [2.24, 2.45) is 4.99 Å². The van der Waals surface area contributed by atoms with Gasteiger partial charge < -0.3 is 0 Å². The van der Waals surface area contributed by atoms with Crippen LogP contribution in [0.4, 0.5) is 0 Å². The second-order valence-electron chi connectivity index (χ2n) is 0.780. The van der Waals surface area contributed by atoms with Crippen LogP contribution < -0.4 is 0 Å². The van der Waals surface area contributed by atoms with Crippen LogP contribution in [0.25, 0.3) is 0 Å². The maximum Gasteiger partial charge on any atom is 0.377 e. The molecule has 0 aromatic rings. The molecule has 1 radical (unpaired) electrons. The van der Waals surface area contributed by atoms with Gasteiger partial charge in [0.05, 0.1) is 0 Å². The Labute approximate surface area is 39.5 Å². The summed E-state index contributed by atoms with van der Waals surface area (Å²) in [5.41, 5.74) is 0. The van der Waals surface area contributed by atoms with Crippen molar-refractivity contribution >= 4 is 12.0 Å². The molecule has 37 valence electrons. The van der Waals surface area contributed by atoms with E-state index in [0.29, 0.717) is 0 Å². The van der Waals surface area contributed by atoms with Crippen LogP contribution in [0, 0.1) is 0 Å². The fourth-order valence-electron chi connectivity index (χ4n) is 0.0968. The van der Waals surface area contributed by atoms with Gasteiger partial charge in [0.15, 0.2) is 6.54 Å². The number of nitrogens with zero attached hydrogens (tertiary/aromatic N) is 1. The fourth-order valence-corrected chi connectivity index (χ4v) is 0.0968. The molecule has 4 heteroatoms. The molecule has 0 rings (SSSR count). The minimum absolute atomic E-state index is 0.594. The molecule has 0 aromatic heterocycles. The van der Waals surface area contributed by atoms with Gasteiger partial charge in [-0.2, -0.15) is 4.99 Å². The van der Waals surface area contributed by atoms with E-state index in [1.54, 1.807) is 0 Å². The van der Waals surface area contributed by atoms with Crippen molar-refractivity contribution in [1.82, 2.24) is 0 Å². The Balaban J connectivity index is 3.32.